The molecule has 0 heterocycles. The highest BCUT2D eigenvalue weighted by atomic mass is 16.6. The fraction of sp³-hybridized carbons (Fsp3) is 0.565. The van der Waals surface area contributed by atoms with E-state index in [0.717, 1.165) is 141 Å². The Kier molecular flexibility index (Phi) is 58.5. The van der Waals surface area contributed by atoms with Gasteiger partial charge in [-0.05, 0) is 128 Å². The van der Waals surface area contributed by atoms with E-state index < -0.39 is 6.10 Å². The molecule has 5 nitrogen and oxygen atoms in total. The van der Waals surface area contributed by atoms with Crippen molar-refractivity contribution in [2.75, 3.05) is 13.2 Å². The summed E-state index contributed by atoms with van der Waals surface area (Å²) in [4.78, 5) is 24.6. The van der Waals surface area contributed by atoms with E-state index in [1.165, 1.54) is 64.2 Å². The van der Waals surface area contributed by atoms with Crippen molar-refractivity contribution in [3.8, 4) is 0 Å². The van der Waals surface area contributed by atoms with Crippen molar-refractivity contribution in [2.24, 2.45) is 0 Å². The molecular formula is C69H108O5. The van der Waals surface area contributed by atoms with Gasteiger partial charge in [0.2, 0.25) is 0 Å². The molecule has 0 bridgehead atoms. The van der Waals surface area contributed by atoms with E-state index in [1.807, 2.05) is 0 Å². The fourth-order valence-corrected chi connectivity index (χ4v) is 7.63. The van der Waals surface area contributed by atoms with Gasteiger partial charge in [-0.25, -0.2) is 0 Å². The van der Waals surface area contributed by atoms with E-state index in [4.69, 9.17) is 9.47 Å². The van der Waals surface area contributed by atoms with Crippen LogP contribution in [0.3, 0.4) is 0 Å². The molecule has 0 amide bonds. The maximum atomic E-state index is 12.3. The van der Waals surface area contributed by atoms with Crippen molar-refractivity contribution in [2.45, 2.75) is 238 Å². The standard InChI is InChI=1S/C69H108O5/c1-3-5-7-9-11-13-15-17-19-21-23-25-27-29-31-33-34-36-38-40-42-44-46-48-50-52-54-56-58-60-62-64-69(72)74-67(65-70)66-73-68(71)63-61-59-57-55-53-51-49-47-45-43-41-39-37-35-32-30-28-26-24-22-20-18-16-14-12-10-8-6-4-2/h5-8,11-14,17-20,23-26,29-32,34,36-37,39-40,42-43,45,67,70H,3-4,9-10,15-16,21-22,27-28,33,35,38,41,44,46-66H2,1-2H3/b7-5-,8-6-,13-11-,14-12-,19-17-,20-18-,25-23-,26-24-,31-29-,32-30-,36-34-,39-37-,42-40-,45-43-. The molecule has 0 saturated heterocycles. The van der Waals surface area contributed by atoms with Gasteiger partial charge in [-0.2, -0.15) is 0 Å². The largest absolute Gasteiger partial charge is 0.462 e. The van der Waals surface area contributed by atoms with Crippen LogP contribution in [0.1, 0.15) is 232 Å². The van der Waals surface area contributed by atoms with Crippen LogP contribution < -0.4 is 0 Å². The molecule has 0 fully saturated rings. The molecule has 0 rings (SSSR count). The Balaban J connectivity index is 3.62. The van der Waals surface area contributed by atoms with E-state index in [0.29, 0.717) is 12.8 Å². The maximum absolute atomic E-state index is 12.3. The van der Waals surface area contributed by atoms with Gasteiger partial charge in [0.25, 0.3) is 0 Å². The number of rotatable bonds is 52. The quantitative estimate of drug-likeness (QED) is 0.0373. The zero-order valence-electron chi connectivity index (χ0n) is 47.3. The van der Waals surface area contributed by atoms with E-state index in [9.17, 15) is 14.7 Å². The van der Waals surface area contributed by atoms with Gasteiger partial charge in [0.1, 0.15) is 6.61 Å². The van der Waals surface area contributed by atoms with Crippen LogP contribution in [-0.4, -0.2) is 36.4 Å². The van der Waals surface area contributed by atoms with Crippen molar-refractivity contribution >= 4 is 11.9 Å². The predicted octanol–water partition coefficient (Wildman–Crippen LogP) is 20.5. The van der Waals surface area contributed by atoms with E-state index in [2.05, 4.69) is 184 Å². The summed E-state index contributed by atoms with van der Waals surface area (Å²) in [6.45, 7) is 3.89. The Labute approximate surface area is 455 Å². The molecule has 0 aliphatic heterocycles. The normalized spacial score (nSPS) is 13.5. The molecule has 1 atom stereocenters. The van der Waals surface area contributed by atoms with Gasteiger partial charge in [0.05, 0.1) is 6.61 Å². The van der Waals surface area contributed by atoms with Crippen LogP contribution in [0, 0.1) is 0 Å². The molecule has 0 aliphatic rings. The first-order valence-electron chi connectivity index (χ1n) is 29.7. The molecular weight excluding hydrogens is 909 g/mol. The van der Waals surface area contributed by atoms with Gasteiger partial charge in [-0.15, -0.1) is 0 Å². The Morgan fingerprint density at radius 2 is 0.541 bits per heavy atom. The van der Waals surface area contributed by atoms with Crippen LogP contribution in [0.4, 0.5) is 0 Å². The number of esters is 2. The molecule has 0 aromatic rings. The summed E-state index contributed by atoms with van der Waals surface area (Å²) in [5.74, 6) is -0.622. The molecule has 0 radical (unpaired) electrons. The SMILES string of the molecule is CC/C=C\C/C=C\C/C=C\C/C=C\C/C=C\C/C=C\C/C=C\CCCCCCCCCCCC(=O)OC(CO)COC(=O)CCCCCCCCC/C=C\C/C=C\C/C=C\C/C=C\C/C=C\C/C=C\C/C=C\CC. The number of aliphatic hydroxyl groups excluding tert-OH is 1. The van der Waals surface area contributed by atoms with Crippen molar-refractivity contribution < 1.29 is 24.2 Å². The lowest BCUT2D eigenvalue weighted by molar-refractivity contribution is -0.161. The molecule has 0 spiro atoms. The number of hydrogen-bond donors (Lipinski definition) is 1. The second-order valence-corrected chi connectivity index (χ2v) is 19.0. The van der Waals surface area contributed by atoms with Crippen LogP contribution >= 0.6 is 0 Å². The second kappa shape index (κ2) is 62.6. The highest BCUT2D eigenvalue weighted by molar-refractivity contribution is 5.70. The van der Waals surface area contributed by atoms with Crippen molar-refractivity contribution in [1.29, 1.82) is 0 Å². The van der Waals surface area contributed by atoms with Gasteiger partial charge >= 0.3 is 11.9 Å². The minimum Gasteiger partial charge on any atom is -0.462 e. The third-order valence-corrected chi connectivity index (χ3v) is 12.0. The Bertz CT molecular complexity index is 1670. The summed E-state index contributed by atoms with van der Waals surface area (Å²) in [7, 11) is 0. The van der Waals surface area contributed by atoms with E-state index >= 15 is 0 Å². The summed E-state index contributed by atoms with van der Waals surface area (Å²) in [6, 6.07) is 0. The Morgan fingerprint density at radius 1 is 0.311 bits per heavy atom. The van der Waals surface area contributed by atoms with Crippen LogP contribution in [0.25, 0.3) is 0 Å². The van der Waals surface area contributed by atoms with Gasteiger partial charge in [0, 0.05) is 12.8 Å². The minimum absolute atomic E-state index is 0.0858. The monoisotopic (exact) mass is 1020 g/mol. The molecule has 0 aromatic heterocycles. The Hall–Kier alpha value is -4.74. The topological polar surface area (TPSA) is 72.8 Å². The summed E-state index contributed by atoms with van der Waals surface area (Å²) < 4.78 is 10.7. The third-order valence-electron chi connectivity index (χ3n) is 12.0. The van der Waals surface area contributed by atoms with Gasteiger partial charge in [-0.1, -0.05) is 261 Å². The van der Waals surface area contributed by atoms with Crippen molar-refractivity contribution in [3.05, 3.63) is 170 Å². The lowest BCUT2D eigenvalue weighted by atomic mass is 10.1. The second-order valence-electron chi connectivity index (χ2n) is 19.0. The first kappa shape index (κ1) is 69.3. The zero-order chi connectivity index (χ0) is 53.4. The number of carbonyl (C=O) groups is 2. The van der Waals surface area contributed by atoms with E-state index in [-0.39, 0.29) is 25.2 Å². The van der Waals surface area contributed by atoms with Gasteiger partial charge in [0.15, 0.2) is 6.10 Å². The molecule has 0 aliphatic carbocycles. The lowest BCUT2D eigenvalue weighted by Gasteiger charge is -2.15. The van der Waals surface area contributed by atoms with Crippen LogP contribution in [0.15, 0.2) is 170 Å². The highest BCUT2D eigenvalue weighted by Gasteiger charge is 2.16. The van der Waals surface area contributed by atoms with Crippen molar-refractivity contribution in [1.82, 2.24) is 0 Å². The summed E-state index contributed by atoms with van der Waals surface area (Å²) in [5.41, 5.74) is 0. The van der Waals surface area contributed by atoms with E-state index in [1.54, 1.807) is 0 Å². The Morgan fingerprint density at radius 3 is 0.811 bits per heavy atom. The first-order chi connectivity index (χ1) is 36.6. The van der Waals surface area contributed by atoms with Gasteiger partial charge < -0.3 is 14.6 Å². The van der Waals surface area contributed by atoms with Crippen molar-refractivity contribution in [3.63, 3.8) is 0 Å². The molecule has 5 heteroatoms. The first-order valence-corrected chi connectivity index (χ1v) is 29.7. The number of unbranched alkanes of at least 4 members (excludes halogenated alkanes) is 16. The number of ether oxygens (including phenoxy) is 2. The highest BCUT2D eigenvalue weighted by Crippen LogP contribution is 2.14. The average molecular weight is 1020 g/mol. The number of aliphatic hydroxyl groups is 1. The number of carbonyl (C=O) groups excluding carboxylic acids is 2. The predicted molar refractivity (Wildman–Crippen MR) is 324 cm³/mol. The summed E-state index contributed by atoms with van der Waals surface area (Å²) in [5, 5.41) is 9.67. The summed E-state index contributed by atoms with van der Waals surface area (Å²) in [6.07, 6.45) is 97.4. The van der Waals surface area contributed by atoms with Crippen LogP contribution in [0.5, 0.6) is 0 Å². The van der Waals surface area contributed by atoms with Crippen LogP contribution in [-0.2, 0) is 19.1 Å². The van der Waals surface area contributed by atoms with Crippen LogP contribution in [0.2, 0.25) is 0 Å². The summed E-state index contributed by atoms with van der Waals surface area (Å²) >= 11 is 0. The zero-order valence-corrected chi connectivity index (χ0v) is 47.3. The van der Waals surface area contributed by atoms with Gasteiger partial charge in [-0.3, -0.25) is 9.59 Å². The fourth-order valence-electron chi connectivity index (χ4n) is 7.63. The average Bonchev–Trinajstić information content (AvgIpc) is 3.40. The maximum Gasteiger partial charge on any atom is 0.306 e. The smallest absolute Gasteiger partial charge is 0.306 e. The number of allylic oxidation sites excluding steroid dienone is 28. The molecule has 0 saturated carbocycles. The third kappa shape index (κ3) is 59.8. The molecule has 1 N–H and O–H groups in total. The lowest BCUT2D eigenvalue weighted by Crippen LogP contribution is -2.28. The minimum atomic E-state index is -0.795. The number of hydrogen-bond acceptors (Lipinski definition) is 5. The molecule has 0 aromatic carbocycles. The molecule has 414 valence electrons. The molecule has 74 heavy (non-hydrogen) atoms. The molecule has 1 unspecified atom stereocenters.